The van der Waals surface area contributed by atoms with E-state index >= 15 is 0 Å². The van der Waals surface area contributed by atoms with Crippen molar-refractivity contribution >= 4 is 45.3 Å². The summed E-state index contributed by atoms with van der Waals surface area (Å²) in [4.78, 5) is 0. The van der Waals surface area contributed by atoms with Gasteiger partial charge in [0.2, 0.25) is 0 Å². The largest absolute Gasteiger partial charge is 0.489 e. The number of hydrogen-bond acceptors (Lipinski definition) is 3. The van der Waals surface area contributed by atoms with Crippen LogP contribution in [0.25, 0.3) is 43.8 Å². The second-order valence-electron chi connectivity index (χ2n) is 6.41. The molecule has 3 nitrogen and oxygen atoms in total. The van der Waals surface area contributed by atoms with Gasteiger partial charge in [-0.1, -0.05) is 66.7 Å². The van der Waals surface area contributed by atoms with Crippen molar-refractivity contribution in [3.8, 4) is 11.1 Å². The van der Waals surface area contributed by atoms with E-state index in [2.05, 4.69) is 24.3 Å². The molecule has 0 saturated carbocycles. The third-order valence-electron chi connectivity index (χ3n) is 4.90. The van der Waals surface area contributed by atoms with Gasteiger partial charge < -0.3 is 14.5 Å². The first-order valence-corrected chi connectivity index (χ1v) is 8.52. The number of benzene rings is 4. The summed E-state index contributed by atoms with van der Waals surface area (Å²) in [6.45, 7) is 0. The van der Waals surface area contributed by atoms with Crippen molar-refractivity contribution in [2.75, 3.05) is 0 Å². The molecule has 5 rings (SSSR count). The Balaban J connectivity index is 2.01. The lowest BCUT2D eigenvalue weighted by atomic mass is 9.77. The van der Waals surface area contributed by atoms with Crippen LogP contribution in [0.4, 0.5) is 0 Å². The van der Waals surface area contributed by atoms with Crippen LogP contribution in [0.1, 0.15) is 0 Å². The molecule has 0 atom stereocenters. The molecule has 2 N–H and O–H groups in total. The van der Waals surface area contributed by atoms with Crippen LogP contribution >= 0.6 is 0 Å². The Kier molecular flexibility index (Phi) is 3.35. The van der Waals surface area contributed by atoms with E-state index in [1.165, 1.54) is 0 Å². The van der Waals surface area contributed by atoms with E-state index in [1.807, 2.05) is 42.5 Å². The quantitative estimate of drug-likeness (QED) is 0.477. The van der Waals surface area contributed by atoms with E-state index in [9.17, 15) is 10.0 Å². The molecule has 124 valence electrons. The minimum absolute atomic E-state index is 0.454. The maximum atomic E-state index is 9.81. The zero-order valence-corrected chi connectivity index (χ0v) is 13.9. The van der Waals surface area contributed by atoms with Gasteiger partial charge in [0.05, 0.1) is 0 Å². The molecule has 0 aliphatic rings. The van der Waals surface area contributed by atoms with Crippen LogP contribution in [0.15, 0.2) is 83.3 Å². The monoisotopic (exact) mass is 338 g/mol. The summed E-state index contributed by atoms with van der Waals surface area (Å²) in [6.07, 6.45) is 0. The molecule has 0 aliphatic carbocycles. The molecule has 0 fully saturated rings. The number of fused-ring (bicyclic) bond motifs is 5. The van der Waals surface area contributed by atoms with Crippen LogP contribution in [-0.4, -0.2) is 17.2 Å². The molecule has 0 saturated heterocycles. The molecule has 4 aromatic carbocycles. The summed E-state index contributed by atoms with van der Waals surface area (Å²) < 4.78 is 6.13. The first kappa shape index (κ1) is 15.2. The SMILES string of the molecule is OB(O)c1cccc2oc3c4ccccc4c(-c4ccccc4)cc3c12. The molecule has 1 heterocycles. The summed E-state index contributed by atoms with van der Waals surface area (Å²) in [6, 6.07) is 25.8. The van der Waals surface area contributed by atoms with Gasteiger partial charge >= 0.3 is 7.12 Å². The summed E-state index contributed by atoms with van der Waals surface area (Å²) >= 11 is 0. The number of hydrogen-bond donors (Lipinski definition) is 2. The molecule has 0 radical (unpaired) electrons. The Morgan fingerprint density at radius 2 is 1.42 bits per heavy atom. The van der Waals surface area contributed by atoms with Gasteiger partial charge in [0, 0.05) is 16.2 Å². The fourth-order valence-corrected chi connectivity index (χ4v) is 3.75. The molecular weight excluding hydrogens is 323 g/mol. The Morgan fingerprint density at radius 1 is 0.692 bits per heavy atom. The molecule has 0 spiro atoms. The third kappa shape index (κ3) is 2.17. The average molecular weight is 338 g/mol. The van der Waals surface area contributed by atoms with E-state index in [4.69, 9.17) is 4.42 Å². The fourth-order valence-electron chi connectivity index (χ4n) is 3.75. The number of rotatable bonds is 2. The Bertz CT molecular complexity index is 1260. The second kappa shape index (κ2) is 5.73. The van der Waals surface area contributed by atoms with Gasteiger partial charge in [-0.05, 0) is 34.1 Å². The highest BCUT2D eigenvalue weighted by atomic mass is 16.4. The maximum Gasteiger partial charge on any atom is 0.489 e. The van der Waals surface area contributed by atoms with Crippen LogP contribution in [0.2, 0.25) is 0 Å². The first-order chi connectivity index (χ1) is 12.7. The lowest BCUT2D eigenvalue weighted by Gasteiger charge is -2.08. The predicted octanol–water partition coefficient (Wildman–Crippen LogP) is 4.09. The summed E-state index contributed by atoms with van der Waals surface area (Å²) in [5.41, 5.74) is 4.08. The van der Waals surface area contributed by atoms with Gasteiger partial charge in [0.15, 0.2) is 0 Å². The summed E-state index contributed by atoms with van der Waals surface area (Å²) in [7, 11) is -1.55. The van der Waals surface area contributed by atoms with Gasteiger partial charge in [-0.3, -0.25) is 0 Å². The van der Waals surface area contributed by atoms with Crippen molar-refractivity contribution in [2.24, 2.45) is 0 Å². The molecule has 26 heavy (non-hydrogen) atoms. The zero-order chi connectivity index (χ0) is 17.7. The van der Waals surface area contributed by atoms with E-state index < -0.39 is 7.12 Å². The standard InChI is InChI=1S/C22H15BO3/c24-23(25)19-11-6-12-20-21(19)18-13-17(14-7-2-1-3-8-14)15-9-4-5-10-16(15)22(18)26-20/h1-13,24-25H. The minimum Gasteiger partial charge on any atom is -0.455 e. The van der Waals surface area contributed by atoms with Crippen LogP contribution in [0, 0.1) is 0 Å². The van der Waals surface area contributed by atoms with E-state index in [0.29, 0.717) is 11.0 Å². The van der Waals surface area contributed by atoms with Crippen LogP contribution in [0.5, 0.6) is 0 Å². The Labute approximate surface area is 150 Å². The van der Waals surface area contributed by atoms with E-state index in [-0.39, 0.29) is 0 Å². The van der Waals surface area contributed by atoms with Crippen molar-refractivity contribution in [2.45, 2.75) is 0 Å². The summed E-state index contributed by atoms with van der Waals surface area (Å²) in [5, 5.41) is 23.4. The first-order valence-electron chi connectivity index (χ1n) is 8.52. The lowest BCUT2D eigenvalue weighted by Crippen LogP contribution is -2.30. The highest BCUT2D eigenvalue weighted by Gasteiger charge is 2.21. The zero-order valence-electron chi connectivity index (χ0n) is 13.9. The normalized spacial score (nSPS) is 11.5. The summed E-state index contributed by atoms with van der Waals surface area (Å²) in [5.74, 6) is 0. The molecule has 0 unspecified atom stereocenters. The maximum absolute atomic E-state index is 9.81. The van der Waals surface area contributed by atoms with Crippen molar-refractivity contribution < 1.29 is 14.5 Å². The smallest absolute Gasteiger partial charge is 0.455 e. The molecule has 4 heteroatoms. The van der Waals surface area contributed by atoms with E-state index in [1.54, 1.807) is 12.1 Å². The average Bonchev–Trinajstić information content (AvgIpc) is 3.07. The third-order valence-corrected chi connectivity index (χ3v) is 4.90. The van der Waals surface area contributed by atoms with Crippen molar-refractivity contribution in [1.82, 2.24) is 0 Å². The van der Waals surface area contributed by atoms with Crippen molar-refractivity contribution in [3.63, 3.8) is 0 Å². The Hall–Kier alpha value is -3.08. The molecule has 0 bridgehead atoms. The van der Waals surface area contributed by atoms with Crippen molar-refractivity contribution in [1.29, 1.82) is 0 Å². The molecule has 0 amide bonds. The minimum atomic E-state index is -1.55. The highest BCUT2D eigenvalue weighted by molar-refractivity contribution is 6.63. The van der Waals surface area contributed by atoms with Crippen LogP contribution in [0.3, 0.4) is 0 Å². The number of furan rings is 1. The van der Waals surface area contributed by atoms with Crippen LogP contribution in [-0.2, 0) is 0 Å². The molecule has 5 aromatic rings. The van der Waals surface area contributed by atoms with Gasteiger partial charge in [-0.25, -0.2) is 0 Å². The van der Waals surface area contributed by atoms with E-state index in [0.717, 1.165) is 38.3 Å². The van der Waals surface area contributed by atoms with Gasteiger partial charge in [0.1, 0.15) is 11.2 Å². The Morgan fingerprint density at radius 3 is 2.19 bits per heavy atom. The lowest BCUT2D eigenvalue weighted by molar-refractivity contribution is 0.426. The van der Waals surface area contributed by atoms with Gasteiger partial charge in [0.25, 0.3) is 0 Å². The topological polar surface area (TPSA) is 53.6 Å². The van der Waals surface area contributed by atoms with Crippen LogP contribution < -0.4 is 5.46 Å². The van der Waals surface area contributed by atoms with Gasteiger partial charge in [-0.15, -0.1) is 0 Å². The molecular formula is C22H15BO3. The molecule has 0 aliphatic heterocycles. The van der Waals surface area contributed by atoms with Gasteiger partial charge in [-0.2, -0.15) is 0 Å². The predicted molar refractivity (Wildman–Crippen MR) is 106 cm³/mol. The fraction of sp³-hybridized carbons (Fsp3) is 0. The molecule has 1 aromatic heterocycles. The highest BCUT2D eigenvalue weighted by Crippen LogP contribution is 2.39. The second-order valence-corrected chi connectivity index (χ2v) is 6.41. The van der Waals surface area contributed by atoms with Crippen molar-refractivity contribution in [3.05, 3.63) is 78.9 Å².